The van der Waals surface area contributed by atoms with Gasteiger partial charge in [-0.2, -0.15) is 0 Å². The average Bonchev–Trinajstić information content (AvgIpc) is 2.62. The van der Waals surface area contributed by atoms with Gasteiger partial charge in [0.15, 0.2) is 0 Å². The molecule has 2 aromatic carbocycles. The van der Waals surface area contributed by atoms with Crippen molar-refractivity contribution >= 4 is 56.6 Å². The lowest BCUT2D eigenvalue weighted by Crippen LogP contribution is -2.26. The molecule has 0 aromatic heterocycles. The first-order valence-corrected chi connectivity index (χ1v) is 10.6. The van der Waals surface area contributed by atoms with E-state index in [0.717, 1.165) is 17.5 Å². The second-order valence-corrected chi connectivity index (χ2v) is 8.20. The number of rotatable bonds is 8. The smallest absolute Gasteiger partial charge is 0.0480 e. The third-order valence-electron chi connectivity index (χ3n) is 3.91. The Kier molecular flexibility index (Phi) is 8.38. The van der Waals surface area contributed by atoms with Crippen LogP contribution in [0.15, 0.2) is 70.3 Å². The summed E-state index contributed by atoms with van der Waals surface area (Å²) in [5.74, 6) is 0.548. The molecule has 0 saturated carbocycles. The van der Waals surface area contributed by atoms with Gasteiger partial charge in [0.1, 0.15) is 0 Å². The molecule has 24 heavy (non-hydrogen) atoms. The molecule has 0 saturated heterocycles. The highest BCUT2D eigenvalue weighted by molar-refractivity contribution is 14.1. The highest BCUT2D eigenvalue weighted by Gasteiger charge is 2.10. The molecule has 2 aromatic rings. The molecule has 2 nitrogen and oxygen atoms in total. The summed E-state index contributed by atoms with van der Waals surface area (Å²) in [4.78, 5) is 4.63. The Hall–Kier alpha value is -0.760. The van der Waals surface area contributed by atoms with Crippen molar-refractivity contribution in [3.63, 3.8) is 0 Å². The fourth-order valence-electron chi connectivity index (χ4n) is 2.59. The molecule has 0 aliphatic carbocycles. The molecule has 0 spiro atoms. The summed E-state index contributed by atoms with van der Waals surface area (Å²) in [5.41, 5.74) is 2.53. The van der Waals surface area contributed by atoms with Crippen molar-refractivity contribution in [3.05, 3.63) is 70.3 Å². The lowest BCUT2D eigenvalue weighted by molar-refractivity contribution is 0.719. The van der Waals surface area contributed by atoms with Crippen LogP contribution >= 0.6 is 45.2 Å². The topological polar surface area (TPSA) is 6.48 Å². The summed E-state index contributed by atoms with van der Waals surface area (Å²) < 4.78 is 2.51. The van der Waals surface area contributed by atoms with Crippen molar-refractivity contribution in [3.8, 4) is 0 Å². The van der Waals surface area contributed by atoms with Gasteiger partial charge in [-0.05, 0) is 46.9 Å². The zero-order valence-corrected chi connectivity index (χ0v) is 18.5. The van der Waals surface area contributed by atoms with E-state index in [2.05, 4.69) is 136 Å². The number of para-hydroxylation sites is 2. The normalized spacial score (nSPS) is 12.8. The average molecular weight is 546 g/mol. The zero-order chi connectivity index (χ0) is 17.4. The number of hydrogen-bond acceptors (Lipinski definition) is 2. The van der Waals surface area contributed by atoms with Gasteiger partial charge in [-0.1, -0.05) is 65.1 Å². The van der Waals surface area contributed by atoms with Gasteiger partial charge in [-0.25, -0.2) is 0 Å². The third kappa shape index (κ3) is 6.27. The highest BCUT2D eigenvalue weighted by atomic mass is 127. The van der Waals surface area contributed by atoms with Gasteiger partial charge in [0.05, 0.1) is 0 Å². The lowest BCUT2D eigenvalue weighted by Gasteiger charge is -2.24. The number of hydrogen-bond donors (Lipinski definition) is 0. The number of alkyl halides is 1. The lowest BCUT2D eigenvalue weighted by atomic mass is 10.1. The molecule has 128 valence electrons. The van der Waals surface area contributed by atoms with Crippen molar-refractivity contribution < 1.29 is 0 Å². The molecule has 0 heterocycles. The second kappa shape index (κ2) is 10.3. The predicted molar refractivity (Wildman–Crippen MR) is 124 cm³/mol. The van der Waals surface area contributed by atoms with Crippen LogP contribution in [0.3, 0.4) is 0 Å². The first-order chi connectivity index (χ1) is 11.6. The quantitative estimate of drug-likeness (QED) is 0.313. The van der Waals surface area contributed by atoms with Crippen LogP contribution in [0.25, 0.3) is 0 Å². The van der Waals surface area contributed by atoms with E-state index >= 15 is 0 Å². The van der Waals surface area contributed by atoms with Gasteiger partial charge in [0.25, 0.3) is 0 Å². The Morgan fingerprint density at radius 1 is 0.917 bits per heavy atom. The van der Waals surface area contributed by atoms with Gasteiger partial charge >= 0.3 is 0 Å². The van der Waals surface area contributed by atoms with E-state index in [9.17, 15) is 0 Å². The van der Waals surface area contributed by atoms with E-state index in [-0.39, 0.29) is 0 Å². The largest absolute Gasteiger partial charge is 0.374 e. The summed E-state index contributed by atoms with van der Waals surface area (Å²) >= 11 is 4.97. The SMILES string of the molecule is CN(C/C(I)=C/C(CI)CN(C)c1ccccc1)c1ccccc1. The standard InChI is InChI=1S/C20H24I2N2/c1-23(19-9-5-3-6-10-19)15-17(14-21)13-18(22)16-24(2)20-11-7-4-8-12-20/h3-13,17H,14-16H2,1-2H3/b18-13-. The summed E-state index contributed by atoms with van der Waals surface area (Å²) in [6.07, 6.45) is 2.42. The van der Waals surface area contributed by atoms with Gasteiger partial charge in [-0.15, -0.1) is 0 Å². The first-order valence-electron chi connectivity index (χ1n) is 8.04. The maximum atomic E-state index is 2.49. The monoisotopic (exact) mass is 546 g/mol. The zero-order valence-electron chi connectivity index (χ0n) is 14.2. The predicted octanol–water partition coefficient (Wildman–Crippen LogP) is 5.63. The van der Waals surface area contributed by atoms with Crippen LogP contribution in [0.1, 0.15) is 0 Å². The van der Waals surface area contributed by atoms with E-state index < -0.39 is 0 Å². The van der Waals surface area contributed by atoms with Crippen molar-refractivity contribution in [2.45, 2.75) is 0 Å². The molecule has 0 bridgehead atoms. The number of likely N-dealkylation sites (N-methyl/N-ethyl adjacent to an activating group) is 1. The van der Waals surface area contributed by atoms with Gasteiger partial charge in [-0.3, -0.25) is 0 Å². The maximum Gasteiger partial charge on any atom is 0.0480 e. The summed E-state index contributed by atoms with van der Waals surface area (Å²) in [6, 6.07) is 21.1. The Morgan fingerprint density at radius 2 is 1.42 bits per heavy atom. The van der Waals surface area contributed by atoms with Gasteiger partial charge in [0, 0.05) is 52.5 Å². The number of anilines is 2. The molecule has 1 atom stereocenters. The van der Waals surface area contributed by atoms with Crippen LogP contribution in [-0.2, 0) is 0 Å². The van der Waals surface area contributed by atoms with Crippen LogP contribution in [-0.4, -0.2) is 31.6 Å². The summed E-state index contributed by atoms with van der Waals surface area (Å²) in [7, 11) is 4.32. The Labute approximate surface area is 173 Å². The first kappa shape index (κ1) is 19.6. The third-order valence-corrected chi connectivity index (χ3v) is 5.74. The van der Waals surface area contributed by atoms with E-state index in [0.29, 0.717) is 5.92 Å². The molecule has 4 heteroatoms. The Balaban J connectivity index is 1.96. The van der Waals surface area contributed by atoms with Crippen LogP contribution in [0, 0.1) is 5.92 Å². The number of halogens is 2. The van der Waals surface area contributed by atoms with Crippen molar-refractivity contribution in [2.75, 3.05) is 41.4 Å². The minimum Gasteiger partial charge on any atom is -0.374 e. The Morgan fingerprint density at radius 3 is 1.92 bits per heavy atom. The fourth-order valence-corrected chi connectivity index (χ4v) is 4.15. The van der Waals surface area contributed by atoms with Crippen molar-refractivity contribution in [1.82, 2.24) is 0 Å². The van der Waals surface area contributed by atoms with Gasteiger partial charge < -0.3 is 9.80 Å². The fraction of sp³-hybridized carbons (Fsp3) is 0.300. The van der Waals surface area contributed by atoms with E-state index in [4.69, 9.17) is 0 Å². The molecule has 0 aliphatic heterocycles. The molecule has 0 fully saturated rings. The van der Waals surface area contributed by atoms with Crippen LogP contribution in [0.4, 0.5) is 11.4 Å². The molecule has 2 rings (SSSR count). The van der Waals surface area contributed by atoms with E-state index in [1.807, 2.05) is 0 Å². The van der Waals surface area contributed by atoms with Crippen LogP contribution in [0.2, 0.25) is 0 Å². The Bertz CT molecular complexity index is 629. The minimum absolute atomic E-state index is 0.548. The number of benzene rings is 2. The van der Waals surface area contributed by atoms with E-state index in [1.165, 1.54) is 15.0 Å². The minimum atomic E-state index is 0.548. The van der Waals surface area contributed by atoms with Crippen molar-refractivity contribution in [1.29, 1.82) is 0 Å². The second-order valence-electron chi connectivity index (χ2n) is 5.94. The van der Waals surface area contributed by atoms with E-state index in [1.54, 1.807) is 0 Å². The number of nitrogens with zero attached hydrogens (tertiary/aromatic N) is 2. The summed E-state index contributed by atoms with van der Waals surface area (Å²) in [5, 5.41) is 0. The summed E-state index contributed by atoms with van der Waals surface area (Å²) in [6.45, 7) is 1.99. The molecular weight excluding hydrogens is 522 g/mol. The molecule has 0 N–H and O–H groups in total. The van der Waals surface area contributed by atoms with Gasteiger partial charge in [0.2, 0.25) is 0 Å². The highest BCUT2D eigenvalue weighted by Crippen LogP contribution is 2.20. The molecule has 1 unspecified atom stereocenters. The van der Waals surface area contributed by atoms with Crippen LogP contribution in [0.5, 0.6) is 0 Å². The van der Waals surface area contributed by atoms with Crippen molar-refractivity contribution in [2.24, 2.45) is 5.92 Å². The maximum absolute atomic E-state index is 2.49. The molecular formula is C20H24I2N2. The molecule has 0 radical (unpaired) electrons. The molecule has 0 amide bonds. The van der Waals surface area contributed by atoms with Crippen LogP contribution < -0.4 is 9.80 Å². The molecule has 0 aliphatic rings.